The van der Waals surface area contributed by atoms with Gasteiger partial charge in [0.1, 0.15) is 0 Å². The average Bonchev–Trinajstić information content (AvgIpc) is 2.20. The van der Waals surface area contributed by atoms with E-state index in [1.807, 2.05) is 0 Å². The SMILES string of the molecule is CCCC1CNC(CC(C)C)CN1CC. The molecule has 1 rings (SSSR count). The Morgan fingerprint density at radius 3 is 2.60 bits per heavy atom. The van der Waals surface area contributed by atoms with Crippen LogP contribution in [0, 0.1) is 5.92 Å². The first-order chi connectivity index (χ1) is 7.17. The number of hydrogen-bond donors (Lipinski definition) is 1. The van der Waals surface area contributed by atoms with Crippen molar-refractivity contribution < 1.29 is 0 Å². The van der Waals surface area contributed by atoms with Crippen molar-refractivity contribution in [3.8, 4) is 0 Å². The van der Waals surface area contributed by atoms with E-state index < -0.39 is 0 Å². The molecule has 0 aliphatic carbocycles. The average molecular weight is 212 g/mol. The van der Waals surface area contributed by atoms with Gasteiger partial charge in [-0.1, -0.05) is 34.1 Å². The van der Waals surface area contributed by atoms with Crippen molar-refractivity contribution in [2.24, 2.45) is 5.92 Å². The number of nitrogens with one attached hydrogen (secondary N) is 1. The topological polar surface area (TPSA) is 15.3 Å². The van der Waals surface area contributed by atoms with Crippen molar-refractivity contribution in [2.75, 3.05) is 19.6 Å². The lowest BCUT2D eigenvalue weighted by Gasteiger charge is -2.40. The zero-order chi connectivity index (χ0) is 11.3. The molecule has 0 saturated carbocycles. The fraction of sp³-hybridized carbons (Fsp3) is 1.00. The minimum Gasteiger partial charge on any atom is -0.311 e. The summed E-state index contributed by atoms with van der Waals surface area (Å²) in [6, 6.07) is 1.50. The van der Waals surface area contributed by atoms with Gasteiger partial charge in [-0.25, -0.2) is 0 Å². The van der Waals surface area contributed by atoms with Gasteiger partial charge in [0.15, 0.2) is 0 Å². The summed E-state index contributed by atoms with van der Waals surface area (Å²) >= 11 is 0. The van der Waals surface area contributed by atoms with Crippen LogP contribution in [-0.4, -0.2) is 36.6 Å². The maximum absolute atomic E-state index is 3.71. The number of nitrogens with zero attached hydrogens (tertiary/aromatic N) is 1. The first kappa shape index (κ1) is 13.0. The summed E-state index contributed by atoms with van der Waals surface area (Å²) in [6.45, 7) is 12.9. The van der Waals surface area contributed by atoms with Crippen LogP contribution in [-0.2, 0) is 0 Å². The predicted octanol–water partition coefficient (Wildman–Crippen LogP) is 2.49. The van der Waals surface area contributed by atoms with Crippen molar-refractivity contribution in [2.45, 2.75) is 59.0 Å². The minimum atomic E-state index is 0.720. The lowest BCUT2D eigenvalue weighted by Crippen LogP contribution is -2.56. The van der Waals surface area contributed by atoms with Crippen molar-refractivity contribution >= 4 is 0 Å². The van der Waals surface area contributed by atoms with E-state index in [9.17, 15) is 0 Å². The summed E-state index contributed by atoms with van der Waals surface area (Å²) in [7, 11) is 0. The third-order valence-corrected chi connectivity index (χ3v) is 3.40. The van der Waals surface area contributed by atoms with Gasteiger partial charge in [-0.05, 0) is 25.3 Å². The number of likely N-dealkylation sites (N-methyl/N-ethyl adjacent to an activating group) is 1. The van der Waals surface area contributed by atoms with Crippen LogP contribution in [0.1, 0.15) is 47.0 Å². The highest BCUT2D eigenvalue weighted by Crippen LogP contribution is 2.15. The van der Waals surface area contributed by atoms with E-state index in [2.05, 4.69) is 37.9 Å². The molecule has 0 aromatic heterocycles. The largest absolute Gasteiger partial charge is 0.311 e. The second-order valence-corrected chi connectivity index (χ2v) is 5.26. The number of piperazine rings is 1. The fourth-order valence-electron chi connectivity index (χ4n) is 2.66. The molecule has 0 radical (unpaired) electrons. The predicted molar refractivity (Wildman–Crippen MR) is 67.2 cm³/mol. The Bertz CT molecular complexity index is 168. The Kier molecular flexibility index (Phi) is 5.62. The van der Waals surface area contributed by atoms with Crippen LogP contribution in [0.15, 0.2) is 0 Å². The van der Waals surface area contributed by atoms with Crippen LogP contribution in [0.2, 0.25) is 0 Å². The van der Waals surface area contributed by atoms with Crippen LogP contribution >= 0.6 is 0 Å². The molecule has 1 heterocycles. The summed E-state index contributed by atoms with van der Waals surface area (Å²) in [5.74, 6) is 0.809. The summed E-state index contributed by atoms with van der Waals surface area (Å²) in [5, 5.41) is 3.71. The normalized spacial score (nSPS) is 28.6. The molecule has 0 bridgehead atoms. The fourth-order valence-corrected chi connectivity index (χ4v) is 2.66. The van der Waals surface area contributed by atoms with Crippen LogP contribution in [0.25, 0.3) is 0 Å². The van der Waals surface area contributed by atoms with Crippen LogP contribution in [0.4, 0.5) is 0 Å². The van der Waals surface area contributed by atoms with Crippen LogP contribution in [0.5, 0.6) is 0 Å². The number of hydrogen-bond acceptors (Lipinski definition) is 2. The highest BCUT2D eigenvalue weighted by molar-refractivity contribution is 4.85. The molecule has 2 atom stereocenters. The molecule has 15 heavy (non-hydrogen) atoms. The van der Waals surface area contributed by atoms with Crippen molar-refractivity contribution in [1.29, 1.82) is 0 Å². The van der Waals surface area contributed by atoms with Gasteiger partial charge in [-0.2, -0.15) is 0 Å². The molecule has 1 aliphatic heterocycles. The smallest absolute Gasteiger partial charge is 0.0221 e. The van der Waals surface area contributed by atoms with Crippen molar-refractivity contribution in [3.05, 3.63) is 0 Å². The van der Waals surface area contributed by atoms with Gasteiger partial charge in [0.05, 0.1) is 0 Å². The molecule has 1 aliphatic rings. The molecule has 0 aromatic carbocycles. The number of rotatable bonds is 5. The molecule has 0 aromatic rings. The summed E-state index contributed by atoms with van der Waals surface area (Å²) < 4.78 is 0. The van der Waals surface area contributed by atoms with Gasteiger partial charge >= 0.3 is 0 Å². The first-order valence-corrected chi connectivity index (χ1v) is 6.64. The van der Waals surface area contributed by atoms with Gasteiger partial charge in [-0.3, -0.25) is 4.90 Å². The lowest BCUT2D eigenvalue weighted by atomic mass is 9.98. The Balaban J connectivity index is 2.40. The van der Waals surface area contributed by atoms with E-state index in [0.717, 1.165) is 18.0 Å². The molecule has 0 amide bonds. The summed E-state index contributed by atoms with van der Waals surface area (Å²) in [6.07, 6.45) is 3.96. The molecular formula is C13H28N2. The Morgan fingerprint density at radius 2 is 2.07 bits per heavy atom. The second-order valence-electron chi connectivity index (χ2n) is 5.26. The molecular weight excluding hydrogens is 184 g/mol. The van der Waals surface area contributed by atoms with Crippen LogP contribution < -0.4 is 5.32 Å². The molecule has 0 spiro atoms. The quantitative estimate of drug-likeness (QED) is 0.753. The van der Waals surface area contributed by atoms with E-state index in [1.165, 1.54) is 38.9 Å². The first-order valence-electron chi connectivity index (χ1n) is 6.64. The van der Waals surface area contributed by atoms with Gasteiger partial charge < -0.3 is 5.32 Å². The van der Waals surface area contributed by atoms with Gasteiger partial charge in [-0.15, -0.1) is 0 Å². The van der Waals surface area contributed by atoms with E-state index in [-0.39, 0.29) is 0 Å². The van der Waals surface area contributed by atoms with Crippen molar-refractivity contribution in [1.82, 2.24) is 10.2 Å². The van der Waals surface area contributed by atoms with E-state index >= 15 is 0 Å². The van der Waals surface area contributed by atoms with Gasteiger partial charge in [0, 0.05) is 25.2 Å². The van der Waals surface area contributed by atoms with E-state index in [4.69, 9.17) is 0 Å². The highest BCUT2D eigenvalue weighted by atomic mass is 15.2. The molecule has 2 heteroatoms. The van der Waals surface area contributed by atoms with Gasteiger partial charge in [0.25, 0.3) is 0 Å². The molecule has 2 unspecified atom stereocenters. The third-order valence-electron chi connectivity index (χ3n) is 3.40. The molecule has 1 fully saturated rings. The second kappa shape index (κ2) is 6.49. The Morgan fingerprint density at radius 1 is 1.33 bits per heavy atom. The summed E-state index contributed by atoms with van der Waals surface area (Å²) in [4.78, 5) is 2.66. The molecule has 1 saturated heterocycles. The zero-order valence-corrected chi connectivity index (χ0v) is 10.9. The Labute approximate surface area is 95.4 Å². The van der Waals surface area contributed by atoms with Crippen molar-refractivity contribution in [3.63, 3.8) is 0 Å². The van der Waals surface area contributed by atoms with Crippen LogP contribution in [0.3, 0.4) is 0 Å². The standard InChI is InChI=1S/C13H28N2/c1-5-7-13-9-14-12(8-11(3)4)10-15(13)6-2/h11-14H,5-10H2,1-4H3. The van der Waals surface area contributed by atoms with Gasteiger partial charge in [0.2, 0.25) is 0 Å². The monoisotopic (exact) mass is 212 g/mol. The maximum atomic E-state index is 3.71. The highest BCUT2D eigenvalue weighted by Gasteiger charge is 2.26. The summed E-state index contributed by atoms with van der Waals surface area (Å²) in [5.41, 5.74) is 0. The third kappa shape index (κ3) is 4.12. The van der Waals surface area contributed by atoms with E-state index in [0.29, 0.717) is 0 Å². The van der Waals surface area contributed by atoms with E-state index in [1.54, 1.807) is 0 Å². The zero-order valence-electron chi connectivity index (χ0n) is 10.9. The Hall–Kier alpha value is -0.0800. The minimum absolute atomic E-state index is 0.720. The molecule has 2 nitrogen and oxygen atoms in total. The molecule has 90 valence electrons. The lowest BCUT2D eigenvalue weighted by molar-refractivity contribution is 0.121. The maximum Gasteiger partial charge on any atom is 0.0221 e. The molecule has 1 N–H and O–H groups in total.